The summed E-state index contributed by atoms with van der Waals surface area (Å²) in [5.41, 5.74) is -0.404. The van der Waals surface area contributed by atoms with E-state index in [1.807, 2.05) is 0 Å². The van der Waals surface area contributed by atoms with Gasteiger partial charge in [0.05, 0.1) is 17.7 Å². The van der Waals surface area contributed by atoms with Gasteiger partial charge in [-0.05, 0) is 0 Å². The Balaban J connectivity index is 2.41. The quantitative estimate of drug-likeness (QED) is 0.839. The summed E-state index contributed by atoms with van der Waals surface area (Å²) in [6, 6.07) is 0. The normalized spacial score (nSPS) is 11.8. The molecule has 0 unspecified atom stereocenters. The molecule has 0 atom stereocenters. The Kier molecular flexibility index (Phi) is 3.03. The van der Waals surface area contributed by atoms with Gasteiger partial charge >= 0.3 is 6.18 Å². The fourth-order valence-electron chi connectivity index (χ4n) is 1.11. The highest BCUT2D eigenvalue weighted by atomic mass is 35.5. The summed E-state index contributed by atoms with van der Waals surface area (Å²) in [5, 5.41) is 12.7. The van der Waals surface area contributed by atoms with Crippen LogP contribution in [0.2, 0.25) is 5.15 Å². The number of hydrogen-bond donors (Lipinski definition) is 0. The first-order valence-electron chi connectivity index (χ1n) is 4.29. The number of alkyl halides is 3. The zero-order valence-corrected chi connectivity index (χ0v) is 9.81. The fraction of sp³-hybridized carbons (Fsp3) is 0.125. The van der Waals surface area contributed by atoms with Crippen LogP contribution in [0.4, 0.5) is 13.2 Å². The maximum Gasteiger partial charge on any atom is 0.443 e. The summed E-state index contributed by atoms with van der Waals surface area (Å²) in [7, 11) is 0. The zero-order chi connectivity index (χ0) is 13.5. The fourth-order valence-corrected chi connectivity index (χ4v) is 2.02. The van der Waals surface area contributed by atoms with Crippen LogP contribution in [0.15, 0.2) is 12.4 Å². The average Bonchev–Trinajstić information content (AvgIpc) is 2.81. The van der Waals surface area contributed by atoms with E-state index in [1.165, 1.54) is 0 Å². The molecule has 0 N–H and O–H groups in total. The Morgan fingerprint density at radius 1 is 1.50 bits per heavy atom. The number of rotatable bonds is 2. The molecule has 0 aliphatic heterocycles. The van der Waals surface area contributed by atoms with Gasteiger partial charge in [-0.25, -0.2) is 9.67 Å². The molecule has 0 radical (unpaired) electrons. The molecule has 0 fully saturated rings. The molecule has 0 saturated carbocycles. The van der Waals surface area contributed by atoms with Crippen molar-refractivity contribution in [3.63, 3.8) is 0 Å². The lowest BCUT2D eigenvalue weighted by molar-refractivity contribution is -0.255. The molecule has 0 aliphatic rings. The molecule has 0 amide bonds. The molecule has 2 heterocycles. The molecule has 0 bridgehead atoms. The molecule has 2 aromatic rings. The second kappa shape index (κ2) is 4.25. The van der Waals surface area contributed by atoms with E-state index in [2.05, 4.69) is 10.1 Å². The molecule has 5 nitrogen and oxygen atoms in total. The van der Waals surface area contributed by atoms with E-state index < -0.39 is 22.7 Å². The Morgan fingerprint density at radius 3 is 2.61 bits per heavy atom. The standard InChI is InChI=1S/C8H3ClF3N3O2S/c9-5-3(6(16)17)2-15(14-5)4-1-13-7(18-4)8(10,11)12/h1-2H,(H,16,17)/p-1. The van der Waals surface area contributed by atoms with E-state index in [0.29, 0.717) is 11.3 Å². The number of aromatic carboxylic acids is 1. The van der Waals surface area contributed by atoms with Crippen LogP contribution >= 0.6 is 22.9 Å². The second-order valence-corrected chi connectivity index (χ2v) is 4.43. The van der Waals surface area contributed by atoms with Gasteiger partial charge < -0.3 is 9.90 Å². The van der Waals surface area contributed by atoms with Gasteiger partial charge in [-0.15, -0.1) is 0 Å². The molecule has 18 heavy (non-hydrogen) atoms. The Labute approximate surface area is 106 Å². The van der Waals surface area contributed by atoms with Crippen molar-refractivity contribution in [3.8, 4) is 5.00 Å². The summed E-state index contributed by atoms with van der Waals surface area (Å²) in [6.07, 6.45) is -2.67. The lowest BCUT2D eigenvalue weighted by Gasteiger charge is -1.99. The second-order valence-electron chi connectivity index (χ2n) is 3.07. The van der Waals surface area contributed by atoms with Crippen LogP contribution in [-0.2, 0) is 6.18 Å². The van der Waals surface area contributed by atoms with Crippen LogP contribution in [0.25, 0.3) is 5.00 Å². The highest BCUT2D eigenvalue weighted by Gasteiger charge is 2.34. The third-order valence-corrected chi connectivity index (χ3v) is 3.16. The van der Waals surface area contributed by atoms with E-state index in [-0.39, 0.29) is 10.2 Å². The van der Waals surface area contributed by atoms with Gasteiger partial charge in [-0.1, -0.05) is 22.9 Å². The summed E-state index contributed by atoms with van der Waals surface area (Å²) >= 11 is 5.81. The molecule has 10 heteroatoms. The molecular formula is C8H2ClF3N3O2S-. The number of carboxylic acids is 1. The Morgan fingerprint density at radius 2 is 2.17 bits per heavy atom. The van der Waals surface area contributed by atoms with Gasteiger partial charge in [0.25, 0.3) is 0 Å². The summed E-state index contributed by atoms with van der Waals surface area (Å²) < 4.78 is 37.9. The number of hydrogen-bond acceptors (Lipinski definition) is 5. The number of nitrogens with zero attached hydrogens (tertiary/aromatic N) is 3. The molecular weight excluding hydrogens is 295 g/mol. The minimum atomic E-state index is -4.56. The van der Waals surface area contributed by atoms with E-state index in [1.54, 1.807) is 0 Å². The van der Waals surface area contributed by atoms with Crippen molar-refractivity contribution in [1.29, 1.82) is 0 Å². The van der Waals surface area contributed by atoms with E-state index in [9.17, 15) is 23.1 Å². The summed E-state index contributed by atoms with van der Waals surface area (Å²) in [5.74, 6) is -1.56. The van der Waals surface area contributed by atoms with Gasteiger partial charge in [0.1, 0.15) is 5.00 Å². The number of carbonyl (C=O) groups excluding carboxylic acids is 1. The molecule has 2 rings (SSSR count). The van der Waals surface area contributed by atoms with Crippen molar-refractivity contribution >= 4 is 28.9 Å². The summed E-state index contributed by atoms with van der Waals surface area (Å²) in [6.45, 7) is 0. The van der Waals surface area contributed by atoms with Gasteiger partial charge in [-0.2, -0.15) is 18.3 Å². The predicted molar refractivity (Wildman–Crippen MR) is 53.6 cm³/mol. The van der Waals surface area contributed by atoms with Crippen LogP contribution in [-0.4, -0.2) is 20.7 Å². The first-order chi connectivity index (χ1) is 8.29. The number of carboxylic acid groups (broad SMARTS) is 1. The van der Waals surface area contributed by atoms with Crippen molar-refractivity contribution < 1.29 is 23.1 Å². The van der Waals surface area contributed by atoms with Crippen molar-refractivity contribution in [2.45, 2.75) is 6.18 Å². The number of halogens is 4. The zero-order valence-electron chi connectivity index (χ0n) is 8.23. The van der Waals surface area contributed by atoms with Crippen molar-refractivity contribution in [1.82, 2.24) is 14.8 Å². The third kappa shape index (κ3) is 2.31. The SMILES string of the molecule is O=C([O-])c1cn(-c2cnc(C(F)(F)F)s2)nc1Cl. The van der Waals surface area contributed by atoms with Gasteiger partial charge in [-0.3, -0.25) is 0 Å². The summed E-state index contributed by atoms with van der Waals surface area (Å²) in [4.78, 5) is 13.8. The maximum absolute atomic E-state index is 12.3. The lowest BCUT2D eigenvalue weighted by atomic mass is 10.4. The maximum atomic E-state index is 12.3. The first kappa shape index (κ1) is 12.8. The topological polar surface area (TPSA) is 70.8 Å². The molecule has 0 saturated heterocycles. The van der Waals surface area contributed by atoms with Crippen LogP contribution in [0.5, 0.6) is 0 Å². The molecule has 0 aliphatic carbocycles. The molecule has 0 spiro atoms. The minimum Gasteiger partial charge on any atom is -0.545 e. The minimum absolute atomic E-state index is 0.00303. The smallest absolute Gasteiger partial charge is 0.443 e. The van der Waals surface area contributed by atoms with Crippen molar-refractivity contribution in [2.75, 3.05) is 0 Å². The van der Waals surface area contributed by atoms with Crippen LogP contribution in [0, 0.1) is 0 Å². The number of thiazole rings is 1. The third-order valence-electron chi connectivity index (χ3n) is 1.85. The monoisotopic (exact) mass is 296 g/mol. The predicted octanol–water partition coefficient (Wildman–Crippen LogP) is 1.36. The Hall–Kier alpha value is -1.61. The number of aromatic nitrogens is 3. The largest absolute Gasteiger partial charge is 0.545 e. The van der Waals surface area contributed by atoms with E-state index >= 15 is 0 Å². The highest BCUT2D eigenvalue weighted by molar-refractivity contribution is 7.14. The molecule has 2 aromatic heterocycles. The number of carbonyl (C=O) groups is 1. The van der Waals surface area contributed by atoms with E-state index in [0.717, 1.165) is 17.1 Å². The van der Waals surface area contributed by atoms with Gasteiger partial charge in [0.15, 0.2) is 10.2 Å². The van der Waals surface area contributed by atoms with Gasteiger partial charge in [0, 0.05) is 6.20 Å². The lowest BCUT2D eigenvalue weighted by Crippen LogP contribution is -2.21. The van der Waals surface area contributed by atoms with Gasteiger partial charge in [0.2, 0.25) is 0 Å². The average molecular weight is 297 g/mol. The van der Waals surface area contributed by atoms with E-state index in [4.69, 9.17) is 11.6 Å². The Bertz CT molecular complexity index is 607. The molecule has 96 valence electrons. The van der Waals surface area contributed by atoms with Crippen molar-refractivity contribution in [3.05, 3.63) is 28.1 Å². The van der Waals surface area contributed by atoms with Crippen LogP contribution in [0.3, 0.4) is 0 Å². The van der Waals surface area contributed by atoms with Crippen LogP contribution < -0.4 is 5.11 Å². The first-order valence-corrected chi connectivity index (χ1v) is 5.48. The van der Waals surface area contributed by atoms with Crippen LogP contribution in [0.1, 0.15) is 15.4 Å². The highest BCUT2D eigenvalue weighted by Crippen LogP contribution is 2.33. The molecule has 0 aromatic carbocycles. The van der Waals surface area contributed by atoms with Crippen molar-refractivity contribution in [2.24, 2.45) is 0 Å².